The molecule has 9 aromatic carbocycles. The van der Waals surface area contributed by atoms with Crippen LogP contribution in [-0.4, -0.2) is 64.2 Å². The van der Waals surface area contributed by atoms with Crippen molar-refractivity contribution in [2.75, 3.05) is 68.5 Å². The van der Waals surface area contributed by atoms with Gasteiger partial charge >= 0.3 is 0 Å². The fourth-order valence-electron chi connectivity index (χ4n) is 16.7. The molecule has 3 N–H and O–H groups in total. The Bertz CT molecular complexity index is 5070. The first kappa shape index (κ1) is 67.7. The number of halogens is 1. The van der Waals surface area contributed by atoms with Crippen LogP contribution in [0.25, 0.3) is 61.4 Å². The van der Waals surface area contributed by atoms with Crippen LogP contribution in [0.3, 0.4) is 0 Å². The van der Waals surface area contributed by atoms with E-state index in [-0.39, 0.29) is 34.9 Å². The van der Waals surface area contributed by atoms with Crippen LogP contribution < -0.4 is 49.3 Å². The van der Waals surface area contributed by atoms with E-state index in [4.69, 9.17) is 37.6 Å². The van der Waals surface area contributed by atoms with Crippen LogP contribution in [-0.2, 0) is 4.74 Å². The normalized spacial score (nSPS) is 18.4. The number of benzene rings is 9. The van der Waals surface area contributed by atoms with E-state index in [0.717, 1.165) is 149 Å². The zero-order valence-electron chi connectivity index (χ0n) is 61.0. The highest BCUT2D eigenvalue weighted by Gasteiger charge is 2.40. The Kier molecular flexibility index (Phi) is 17.5. The van der Waals surface area contributed by atoms with Gasteiger partial charge in [-0.1, -0.05) is 88.8 Å². The second-order valence-electron chi connectivity index (χ2n) is 29.7. The predicted molar refractivity (Wildman–Crippen MR) is 419 cm³/mol. The summed E-state index contributed by atoms with van der Waals surface area (Å²) in [4.78, 5) is 2.41. The number of nitrogens with one attached hydrogen (secondary N) is 3. The van der Waals surface area contributed by atoms with Crippen molar-refractivity contribution in [3.8, 4) is 79.2 Å². The molecule has 7 aliphatic heterocycles. The third kappa shape index (κ3) is 12.6. The standard InChI is InChI=1S/C31H34N2O3.C31H29NO3.C27H26BrNO2/c1-19-15-21(17-22(16-19)33-11-13-35-14-12-33)30-29-23(28-25(34-5)7-6-8-26(28)36-30)9-10-24-27(29)20(2)18-31(3,4)32-24;1-18-14-20(24-10-7-13-34-24)16-21(15-18)30-29-22(28-25(33-5)8-6-9-26(28)35-30)11-12-23-27(29)19(2)17-31(3,4)32-23;1-15-11-17(13-18(28)12-15)26-25-19(24-21(30-5)7-6-8-22(24)31-26)9-10-20-23(25)16(2)14-27(3,4)29-20/h6-10,15-18,30,32H,11-14H2,1-5H3;6-17,30,32H,1-5H3;6-14,26,29H,1-5H3. The summed E-state index contributed by atoms with van der Waals surface area (Å²) in [5.41, 5.74) is 29.8. The van der Waals surface area contributed by atoms with Gasteiger partial charge in [-0.3, -0.25) is 0 Å². The number of anilines is 4. The number of furan rings is 1. The van der Waals surface area contributed by atoms with E-state index in [0.29, 0.717) is 0 Å². The maximum atomic E-state index is 6.87. The third-order valence-corrected chi connectivity index (χ3v) is 20.8. The van der Waals surface area contributed by atoms with E-state index < -0.39 is 0 Å². The van der Waals surface area contributed by atoms with Crippen molar-refractivity contribution in [2.24, 2.45) is 0 Å². The van der Waals surface area contributed by atoms with Crippen LogP contribution in [0, 0.1) is 20.8 Å². The Morgan fingerprint density at radius 1 is 0.422 bits per heavy atom. The number of nitrogens with zero attached hydrogens (tertiary/aromatic N) is 1. The van der Waals surface area contributed by atoms with E-state index in [1.165, 1.54) is 66.9 Å². The number of aryl methyl sites for hydroxylation is 3. The second kappa shape index (κ2) is 26.4. The first-order valence-corrected chi connectivity index (χ1v) is 36.1. The van der Waals surface area contributed by atoms with E-state index in [1.807, 2.05) is 60.7 Å². The minimum Gasteiger partial charge on any atom is -0.496 e. The zero-order chi connectivity index (χ0) is 71.3. The molecular formula is C89H89BrN4O8. The summed E-state index contributed by atoms with van der Waals surface area (Å²) in [6, 6.07) is 55.1. The van der Waals surface area contributed by atoms with Crippen LogP contribution in [0.2, 0.25) is 0 Å². The van der Waals surface area contributed by atoms with E-state index in [2.05, 4.69) is 235 Å². The summed E-state index contributed by atoms with van der Waals surface area (Å²) in [7, 11) is 5.15. The molecule has 0 aliphatic carbocycles. The number of allylic oxidation sites excluding steroid dienone is 3. The minimum atomic E-state index is -0.278. The Balaban J connectivity index is 0.000000124. The van der Waals surface area contributed by atoms with Crippen LogP contribution >= 0.6 is 15.9 Å². The van der Waals surface area contributed by atoms with Crippen molar-refractivity contribution in [3.05, 3.63) is 253 Å². The molecule has 102 heavy (non-hydrogen) atoms. The van der Waals surface area contributed by atoms with Gasteiger partial charge in [-0.2, -0.15) is 0 Å². The summed E-state index contributed by atoms with van der Waals surface area (Å²) >= 11 is 3.68. The molecule has 3 atom stereocenters. The Morgan fingerprint density at radius 3 is 1.21 bits per heavy atom. The van der Waals surface area contributed by atoms with Gasteiger partial charge in [0.2, 0.25) is 0 Å². The van der Waals surface area contributed by atoms with Crippen molar-refractivity contribution < 1.29 is 37.6 Å². The molecule has 0 amide bonds. The van der Waals surface area contributed by atoms with Gasteiger partial charge < -0.3 is 58.4 Å². The van der Waals surface area contributed by atoms with Gasteiger partial charge in [-0.25, -0.2) is 0 Å². The number of ether oxygens (including phenoxy) is 7. The average Bonchev–Trinajstić information content (AvgIpc) is 0.796. The first-order valence-electron chi connectivity index (χ1n) is 35.3. The average molecular weight is 1420 g/mol. The van der Waals surface area contributed by atoms with Gasteiger partial charge in [0, 0.05) is 79.3 Å². The molecule has 13 heteroatoms. The minimum absolute atomic E-state index is 0.0989. The van der Waals surface area contributed by atoms with Gasteiger partial charge in [0.25, 0.3) is 0 Å². The van der Waals surface area contributed by atoms with E-state index in [1.54, 1.807) is 27.6 Å². The maximum absolute atomic E-state index is 6.87. The summed E-state index contributed by atoms with van der Waals surface area (Å²) in [5.74, 6) is 5.85. The topological polar surface area (TPSA) is 117 Å². The van der Waals surface area contributed by atoms with Gasteiger partial charge in [0.1, 0.15) is 40.3 Å². The van der Waals surface area contributed by atoms with Crippen LogP contribution in [0.5, 0.6) is 34.5 Å². The highest BCUT2D eigenvalue weighted by atomic mass is 79.9. The van der Waals surface area contributed by atoms with Crippen molar-refractivity contribution in [1.82, 2.24) is 0 Å². The number of hydrogen-bond acceptors (Lipinski definition) is 12. The van der Waals surface area contributed by atoms with E-state index in [9.17, 15) is 0 Å². The van der Waals surface area contributed by atoms with E-state index >= 15 is 0 Å². The van der Waals surface area contributed by atoms with Crippen LogP contribution in [0.1, 0.15) is 147 Å². The summed E-state index contributed by atoms with van der Waals surface area (Å²) < 4.78 is 50.1. The molecule has 3 unspecified atom stereocenters. The van der Waals surface area contributed by atoms with Crippen LogP contribution in [0.4, 0.5) is 22.7 Å². The molecule has 1 fully saturated rings. The smallest absolute Gasteiger partial charge is 0.150 e. The summed E-state index contributed by atoms with van der Waals surface area (Å²) in [5, 5.41) is 11.1. The molecule has 10 aromatic rings. The second-order valence-corrected chi connectivity index (χ2v) is 30.7. The van der Waals surface area contributed by atoms with Gasteiger partial charge in [-0.05, 0) is 253 Å². The Hall–Kier alpha value is -10.1. The highest BCUT2D eigenvalue weighted by molar-refractivity contribution is 9.10. The molecule has 0 radical (unpaired) electrons. The fraction of sp³-hybridized carbons (Fsp3) is 0.281. The number of methoxy groups -OCH3 is 3. The number of morpholine rings is 1. The molecule has 8 heterocycles. The molecule has 7 aliphatic rings. The lowest BCUT2D eigenvalue weighted by Crippen LogP contribution is -2.36. The van der Waals surface area contributed by atoms with Crippen molar-refractivity contribution >= 4 is 55.4 Å². The molecule has 0 saturated carbocycles. The number of hydrogen-bond donors (Lipinski definition) is 3. The molecule has 17 rings (SSSR count). The van der Waals surface area contributed by atoms with Gasteiger partial charge in [0.05, 0.1) is 74.1 Å². The molecule has 0 spiro atoms. The zero-order valence-corrected chi connectivity index (χ0v) is 62.6. The Morgan fingerprint density at radius 2 is 0.814 bits per heavy atom. The Labute approximate surface area is 608 Å². The van der Waals surface area contributed by atoms with Gasteiger partial charge in [-0.15, -0.1) is 0 Å². The maximum Gasteiger partial charge on any atom is 0.150 e. The fourth-order valence-corrected chi connectivity index (χ4v) is 17.3. The SMILES string of the molecule is COc1cccc2c1-c1ccc3c(c1C(c1cc(C)cc(-c4ccco4)c1)O2)C(C)=CC(C)(C)N3.COc1cccc2c1-c1ccc3c(c1C(c1cc(C)cc(Br)c1)O2)C(C)=CC(C)(C)N3.COc1cccc2c1-c1ccc3c(c1C(c1cc(C)cc(N4CCOCC4)c1)O2)C(C)=CC(C)(C)N3. The molecule has 520 valence electrons. The third-order valence-electron chi connectivity index (χ3n) is 20.3. The van der Waals surface area contributed by atoms with Crippen molar-refractivity contribution in [3.63, 3.8) is 0 Å². The predicted octanol–water partition coefficient (Wildman–Crippen LogP) is 22.1. The van der Waals surface area contributed by atoms with Gasteiger partial charge in [0.15, 0.2) is 18.3 Å². The monoisotopic (exact) mass is 1420 g/mol. The summed E-state index contributed by atoms with van der Waals surface area (Å²) in [6.45, 7) is 29.5. The van der Waals surface area contributed by atoms with Crippen molar-refractivity contribution in [2.45, 2.75) is 118 Å². The van der Waals surface area contributed by atoms with Crippen molar-refractivity contribution in [1.29, 1.82) is 0 Å². The molecular weight excluding hydrogens is 1330 g/mol. The first-order chi connectivity index (χ1) is 49.0. The molecule has 0 bridgehead atoms. The lowest BCUT2D eigenvalue weighted by molar-refractivity contribution is 0.122. The quantitative estimate of drug-likeness (QED) is 0.134. The number of rotatable bonds is 8. The molecule has 12 nitrogen and oxygen atoms in total. The van der Waals surface area contributed by atoms with Crippen LogP contribution in [0.15, 0.2) is 191 Å². The molecule has 1 saturated heterocycles. The lowest BCUT2D eigenvalue weighted by Gasteiger charge is -2.38. The largest absolute Gasteiger partial charge is 0.496 e. The summed E-state index contributed by atoms with van der Waals surface area (Å²) in [6.07, 6.45) is 7.91. The highest BCUT2D eigenvalue weighted by Crippen LogP contribution is 2.58. The molecule has 1 aromatic heterocycles. The lowest BCUT2D eigenvalue weighted by atomic mass is 9.80. The number of fused-ring (bicyclic) bond motifs is 15.